The van der Waals surface area contributed by atoms with Gasteiger partial charge in [-0.25, -0.2) is 12.8 Å². The SMILES string of the molecule is Cl.O=C(Nc1ccc(F)c(S(=O)(=O)N2CCOCC2)c1)C1CC12CCNCC2. The zero-order valence-electron chi connectivity index (χ0n) is 15.4. The van der Waals surface area contributed by atoms with Crippen LogP contribution >= 0.6 is 12.4 Å². The molecule has 28 heavy (non-hydrogen) atoms. The van der Waals surface area contributed by atoms with Crippen LogP contribution in [0, 0.1) is 17.2 Å². The van der Waals surface area contributed by atoms with Gasteiger partial charge in [-0.05, 0) is 56.0 Å². The number of piperidine rings is 1. The molecule has 2 heterocycles. The zero-order valence-corrected chi connectivity index (χ0v) is 17.1. The molecule has 10 heteroatoms. The van der Waals surface area contributed by atoms with Crippen LogP contribution < -0.4 is 10.6 Å². The number of nitrogens with one attached hydrogen (secondary N) is 2. The fourth-order valence-corrected chi connectivity index (χ4v) is 5.63. The number of amides is 1. The van der Waals surface area contributed by atoms with E-state index in [0.717, 1.165) is 38.4 Å². The fraction of sp³-hybridized carbons (Fsp3) is 0.611. The van der Waals surface area contributed by atoms with E-state index >= 15 is 0 Å². The third-order valence-corrected chi connectivity index (χ3v) is 7.81. The highest BCUT2D eigenvalue weighted by Gasteiger charge is 2.57. The summed E-state index contributed by atoms with van der Waals surface area (Å²) in [5.41, 5.74) is 0.391. The number of ether oxygens (including phenoxy) is 1. The van der Waals surface area contributed by atoms with Crippen molar-refractivity contribution in [1.82, 2.24) is 9.62 Å². The zero-order chi connectivity index (χ0) is 19.1. The molecular weight excluding hydrogens is 409 g/mol. The van der Waals surface area contributed by atoms with Crippen molar-refractivity contribution in [1.29, 1.82) is 0 Å². The first-order valence-electron chi connectivity index (χ1n) is 9.31. The third kappa shape index (κ3) is 4.04. The summed E-state index contributed by atoms with van der Waals surface area (Å²) in [7, 11) is -3.96. The van der Waals surface area contributed by atoms with Gasteiger partial charge in [0.05, 0.1) is 13.2 Å². The van der Waals surface area contributed by atoms with Crippen LogP contribution in [0.2, 0.25) is 0 Å². The molecule has 1 aliphatic carbocycles. The predicted molar refractivity (Wildman–Crippen MR) is 104 cm³/mol. The van der Waals surface area contributed by atoms with E-state index in [1.807, 2.05) is 0 Å². The summed E-state index contributed by atoms with van der Waals surface area (Å²) in [6.45, 7) is 2.80. The topological polar surface area (TPSA) is 87.7 Å². The van der Waals surface area contributed by atoms with Gasteiger partial charge in [0.1, 0.15) is 10.7 Å². The number of morpholine rings is 1. The second-order valence-electron chi connectivity index (χ2n) is 7.52. The molecule has 156 valence electrons. The van der Waals surface area contributed by atoms with Gasteiger partial charge in [-0.1, -0.05) is 0 Å². The number of hydrogen-bond acceptors (Lipinski definition) is 5. The minimum absolute atomic E-state index is 0. The highest BCUT2D eigenvalue weighted by molar-refractivity contribution is 7.89. The van der Waals surface area contributed by atoms with Gasteiger partial charge in [-0.15, -0.1) is 12.4 Å². The molecule has 3 fully saturated rings. The van der Waals surface area contributed by atoms with E-state index in [0.29, 0.717) is 5.69 Å². The van der Waals surface area contributed by atoms with Crippen molar-refractivity contribution < 1.29 is 22.3 Å². The van der Waals surface area contributed by atoms with E-state index in [9.17, 15) is 17.6 Å². The lowest BCUT2D eigenvalue weighted by Gasteiger charge is -2.26. The first-order chi connectivity index (χ1) is 12.9. The lowest BCUT2D eigenvalue weighted by atomic mass is 9.92. The number of benzene rings is 1. The van der Waals surface area contributed by atoms with Crippen LogP contribution in [0.4, 0.5) is 10.1 Å². The number of rotatable bonds is 4. The summed E-state index contributed by atoms with van der Waals surface area (Å²) in [4.78, 5) is 12.2. The van der Waals surface area contributed by atoms with E-state index in [1.165, 1.54) is 16.4 Å². The maximum Gasteiger partial charge on any atom is 0.246 e. The summed E-state index contributed by atoms with van der Waals surface area (Å²) in [5.74, 6) is -0.983. The number of nitrogens with zero attached hydrogens (tertiary/aromatic N) is 1. The Morgan fingerprint density at radius 1 is 1.25 bits per heavy atom. The molecule has 1 aromatic rings. The van der Waals surface area contributed by atoms with Gasteiger partial charge < -0.3 is 15.4 Å². The van der Waals surface area contributed by atoms with Gasteiger partial charge >= 0.3 is 0 Å². The van der Waals surface area contributed by atoms with Crippen LogP contribution in [-0.4, -0.2) is 58.0 Å². The highest BCUT2D eigenvalue weighted by Crippen LogP contribution is 2.58. The average Bonchev–Trinajstić information content (AvgIpc) is 3.37. The number of hydrogen-bond donors (Lipinski definition) is 2. The van der Waals surface area contributed by atoms with Crippen molar-refractivity contribution in [2.75, 3.05) is 44.7 Å². The van der Waals surface area contributed by atoms with Gasteiger partial charge in [0.2, 0.25) is 15.9 Å². The molecule has 2 N–H and O–H groups in total. The van der Waals surface area contributed by atoms with Crippen molar-refractivity contribution in [3.05, 3.63) is 24.0 Å². The lowest BCUT2D eigenvalue weighted by Crippen LogP contribution is -2.40. The number of sulfonamides is 1. The monoisotopic (exact) mass is 433 g/mol. The summed E-state index contributed by atoms with van der Waals surface area (Å²) >= 11 is 0. The van der Waals surface area contributed by atoms with Gasteiger partial charge in [-0.2, -0.15) is 4.31 Å². The standard InChI is InChI=1S/C18H24FN3O4S.ClH/c19-15-2-1-13(11-16(15)27(24,25)22-7-9-26-10-8-22)21-17(23)14-12-18(14)3-5-20-6-4-18;/h1-2,11,14,20H,3-10,12H2,(H,21,23);1H. The quantitative estimate of drug-likeness (QED) is 0.753. The maximum absolute atomic E-state index is 14.3. The predicted octanol–water partition coefficient (Wildman–Crippen LogP) is 1.60. The van der Waals surface area contributed by atoms with Crippen LogP contribution in [0.3, 0.4) is 0 Å². The third-order valence-electron chi connectivity index (χ3n) is 5.89. The van der Waals surface area contributed by atoms with Crippen molar-refractivity contribution in [3.8, 4) is 0 Å². The summed E-state index contributed by atoms with van der Waals surface area (Å²) in [5, 5.41) is 6.08. The molecule has 0 radical (unpaired) electrons. The molecular formula is C18H25ClFN3O4S. The molecule has 0 aromatic heterocycles. The molecule has 1 amide bonds. The molecule has 7 nitrogen and oxygen atoms in total. The van der Waals surface area contributed by atoms with E-state index < -0.39 is 20.7 Å². The van der Waals surface area contributed by atoms with Crippen molar-refractivity contribution in [3.63, 3.8) is 0 Å². The molecule has 4 rings (SSSR count). The largest absolute Gasteiger partial charge is 0.379 e. The number of carbonyl (C=O) groups excluding carboxylic acids is 1. The maximum atomic E-state index is 14.3. The molecule has 1 aromatic carbocycles. The first-order valence-corrected chi connectivity index (χ1v) is 10.8. The minimum Gasteiger partial charge on any atom is -0.379 e. The van der Waals surface area contributed by atoms with E-state index in [4.69, 9.17) is 4.74 Å². The Balaban J connectivity index is 0.00000225. The Morgan fingerprint density at radius 2 is 1.93 bits per heavy atom. The fourth-order valence-electron chi connectivity index (χ4n) is 4.13. The normalized spacial score (nSPS) is 24.4. The lowest BCUT2D eigenvalue weighted by molar-refractivity contribution is -0.118. The van der Waals surface area contributed by atoms with Gasteiger partial charge in [-0.3, -0.25) is 4.79 Å². The Labute approximate surface area is 170 Å². The summed E-state index contributed by atoms with van der Waals surface area (Å²) < 4.78 is 46.1. The highest BCUT2D eigenvalue weighted by atomic mass is 35.5. The van der Waals surface area contributed by atoms with Crippen LogP contribution in [-0.2, 0) is 19.6 Å². The number of anilines is 1. The Morgan fingerprint density at radius 3 is 2.61 bits per heavy atom. The minimum atomic E-state index is -3.96. The Kier molecular flexibility index (Phi) is 6.31. The molecule has 0 bridgehead atoms. The van der Waals surface area contributed by atoms with Crippen LogP contribution in [0.5, 0.6) is 0 Å². The molecule has 3 aliphatic rings. The van der Waals surface area contributed by atoms with E-state index in [-0.39, 0.29) is 56.0 Å². The molecule has 2 saturated heterocycles. The van der Waals surface area contributed by atoms with Crippen LogP contribution in [0.15, 0.2) is 23.1 Å². The Hall–Kier alpha value is -1.26. The van der Waals surface area contributed by atoms with Gasteiger partial charge in [0.25, 0.3) is 0 Å². The van der Waals surface area contributed by atoms with Gasteiger partial charge in [0.15, 0.2) is 0 Å². The smallest absolute Gasteiger partial charge is 0.246 e. The van der Waals surface area contributed by atoms with Crippen LogP contribution in [0.25, 0.3) is 0 Å². The second kappa shape index (κ2) is 8.23. The van der Waals surface area contributed by atoms with E-state index in [1.54, 1.807) is 0 Å². The number of carbonyl (C=O) groups is 1. The summed E-state index contributed by atoms with van der Waals surface area (Å²) in [6.07, 6.45) is 2.82. The molecule has 1 spiro atoms. The molecule has 2 aliphatic heterocycles. The van der Waals surface area contributed by atoms with Crippen molar-refractivity contribution in [2.45, 2.75) is 24.2 Å². The Bertz CT molecular complexity index is 839. The molecule has 1 unspecified atom stereocenters. The van der Waals surface area contributed by atoms with E-state index in [2.05, 4.69) is 10.6 Å². The first kappa shape index (κ1) is 21.4. The number of halogens is 2. The second-order valence-corrected chi connectivity index (χ2v) is 9.43. The van der Waals surface area contributed by atoms with Crippen molar-refractivity contribution >= 4 is 34.0 Å². The van der Waals surface area contributed by atoms with Gasteiger partial charge in [0, 0.05) is 24.7 Å². The van der Waals surface area contributed by atoms with Crippen molar-refractivity contribution in [2.24, 2.45) is 11.3 Å². The average molecular weight is 434 g/mol. The van der Waals surface area contributed by atoms with Crippen LogP contribution in [0.1, 0.15) is 19.3 Å². The summed E-state index contributed by atoms with van der Waals surface area (Å²) in [6, 6.07) is 3.72. The molecule has 1 atom stereocenters. The molecule has 1 saturated carbocycles.